The molecule has 0 radical (unpaired) electrons. The highest BCUT2D eigenvalue weighted by Gasteiger charge is 2.18. The Bertz CT molecular complexity index is 961. The van der Waals surface area contributed by atoms with E-state index in [1.54, 1.807) is 13.0 Å². The summed E-state index contributed by atoms with van der Waals surface area (Å²) in [6.45, 7) is 3.08. The molecule has 0 bridgehead atoms. The molecule has 2 heterocycles. The van der Waals surface area contributed by atoms with Gasteiger partial charge in [0.25, 0.3) is 0 Å². The first kappa shape index (κ1) is 13.9. The summed E-state index contributed by atoms with van der Waals surface area (Å²) in [7, 11) is 0. The van der Waals surface area contributed by atoms with Crippen molar-refractivity contribution in [2.45, 2.75) is 13.8 Å². The van der Waals surface area contributed by atoms with E-state index < -0.39 is 11.6 Å². The number of fused-ring (bicyclic) bond motifs is 1. The molecule has 0 saturated carbocycles. The van der Waals surface area contributed by atoms with E-state index in [0.717, 1.165) is 0 Å². The summed E-state index contributed by atoms with van der Waals surface area (Å²) >= 11 is 0. The van der Waals surface area contributed by atoms with Crippen molar-refractivity contribution in [3.63, 3.8) is 0 Å². The van der Waals surface area contributed by atoms with Crippen LogP contribution in [0.3, 0.4) is 0 Å². The molecule has 0 fully saturated rings. The minimum Gasteiger partial charge on any atom is -0.507 e. The van der Waals surface area contributed by atoms with Gasteiger partial charge in [-0.2, -0.15) is 0 Å². The molecule has 2 aromatic heterocycles. The molecule has 3 aromatic rings. The fourth-order valence-corrected chi connectivity index (χ4v) is 2.25. The molecule has 0 spiro atoms. The van der Waals surface area contributed by atoms with Crippen LogP contribution in [-0.2, 0) is 0 Å². The number of hydrogen-bond donors (Lipinski definition) is 2. The summed E-state index contributed by atoms with van der Waals surface area (Å²) < 4.78 is 10.8. The number of aromatic carboxylic acids is 1. The van der Waals surface area contributed by atoms with Crippen molar-refractivity contribution in [2.24, 2.45) is 0 Å². The average Bonchev–Trinajstić information content (AvgIpc) is 2.91. The van der Waals surface area contributed by atoms with Crippen LogP contribution in [-0.4, -0.2) is 16.2 Å². The van der Waals surface area contributed by atoms with Crippen LogP contribution in [0.15, 0.2) is 37.9 Å². The third-order valence-electron chi connectivity index (χ3n) is 3.54. The molecule has 3 rings (SSSR count). The SMILES string of the molecule is Cc1c(-c2cc3cc(C(=O)O)ccc3o2)oc(=O)c(C)c1O. The Kier molecular flexibility index (Phi) is 3.02. The van der Waals surface area contributed by atoms with Gasteiger partial charge in [0.15, 0.2) is 11.5 Å². The molecule has 0 aliphatic heterocycles. The average molecular weight is 300 g/mol. The lowest BCUT2D eigenvalue weighted by Gasteiger charge is -2.05. The van der Waals surface area contributed by atoms with Gasteiger partial charge in [-0.15, -0.1) is 0 Å². The molecule has 0 aliphatic rings. The first-order chi connectivity index (χ1) is 10.4. The highest BCUT2D eigenvalue weighted by atomic mass is 16.4. The number of carboxylic acids is 1. The molecule has 22 heavy (non-hydrogen) atoms. The van der Waals surface area contributed by atoms with E-state index in [4.69, 9.17) is 13.9 Å². The number of benzene rings is 1. The zero-order valence-corrected chi connectivity index (χ0v) is 11.8. The molecule has 112 valence electrons. The van der Waals surface area contributed by atoms with Gasteiger partial charge in [-0.05, 0) is 38.1 Å². The predicted octanol–water partition coefficient (Wildman–Crippen LogP) is 3.07. The zero-order valence-electron chi connectivity index (χ0n) is 11.8. The van der Waals surface area contributed by atoms with Crippen molar-refractivity contribution in [3.05, 3.63) is 51.4 Å². The van der Waals surface area contributed by atoms with E-state index >= 15 is 0 Å². The van der Waals surface area contributed by atoms with E-state index in [1.165, 1.54) is 25.1 Å². The largest absolute Gasteiger partial charge is 0.507 e. The highest BCUT2D eigenvalue weighted by molar-refractivity contribution is 5.94. The van der Waals surface area contributed by atoms with Gasteiger partial charge in [0.05, 0.1) is 11.1 Å². The van der Waals surface area contributed by atoms with E-state index in [2.05, 4.69) is 0 Å². The van der Waals surface area contributed by atoms with Crippen molar-refractivity contribution < 1.29 is 23.8 Å². The Morgan fingerprint density at radius 3 is 2.50 bits per heavy atom. The van der Waals surface area contributed by atoms with Gasteiger partial charge in [0.1, 0.15) is 11.3 Å². The Morgan fingerprint density at radius 1 is 1.09 bits per heavy atom. The van der Waals surface area contributed by atoms with Crippen molar-refractivity contribution in [1.29, 1.82) is 0 Å². The zero-order chi connectivity index (χ0) is 16.0. The van der Waals surface area contributed by atoms with E-state index in [1.807, 2.05) is 0 Å². The van der Waals surface area contributed by atoms with E-state index in [9.17, 15) is 14.7 Å². The lowest BCUT2D eigenvalue weighted by molar-refractivity contribution is 0.0697. The molecule has 1 aromatic carbocycles. The molecule has 6 nitrogen and oxygen atoms in total. The number of hydrogen-bond acceptors (Lipinski definition) is 5. The van der Waals surface area contributed by atoms with Crippen LogP contribution in [0.4, 0.5) is 0 Å². The van der Waals surface area contributed by atoms with Gasteiger partial charge in [-0.1, -0.05) is 0 Å². The number of aromatic hydroxyl groups is 1. The van der Waals surface area contributed by atoms with Crippen LogP contribution in [0.2, 0.25) is 0 Å². The first-order valence-corrected chi connectivity index (χ1v) is 6.49. The number of furan rings is 1. The second kappa shape index (κ2) is 4.77. The van der Waals surface area contributed by atoms with Gasteiger partial charge in [-0.3, -0.25) is 0 Å². The van der Waals surface area contributed by atoms with Gasteiger partial charge in [0, 0.05) is 10.9 Å². The summed E-state index contributed by atoms with van der Waals surface area (Å²) in [5.41, 5.74) is 0.455. The van der Waals surface area contributed by atoms with Crippen molar-refractivity contribution in [3.8, 4) is 17.3 Å². The van der Waals surface area contributed by atoms with Crippen molar-refractivity contribution in [2.75, 3.05) is 0 Å². The number of carboxylic acid groups (broad SMARTS) is 1. The monoisotopic (exact) mass is 300 g/mol. The lowest BCUT2D eigenvalue weighted by Crippen LogP contribution is -2.05. The standard InChI is InChI=1S/C16H12O6/c1-7-13(17)8(2)16(20)22-14(7)12-6-10-5-9(15(18)19)3-4-11(10)21-12/h3-6,17H,1-2H3,(H,18,19). The Hall–Kier alpha value is -3.02. The number of carbonyl (C=O) groups is 1. The molecular formula is C16H12O6. The maximum atomic E-state index is 11.7. The molecular weight excluding hydrogens is 288 g/mol. The lowest BCUT2D eigenvalue weighted by atomic mass is 10.1. The van der Waals surface area contributed by atoms with Crippen LogP contribution in [0, 0.1) is 13.8 Å². The summed E-state index contributed by atoms with van der Waals surface area (Å²) in [5, 5.41) is 19.5. The summed E-state index contributed by atoms with van der Waals surface area (Å²) in [6, 6.07) is 5.99. The van der Waals surface area contributed by atoms with Crippen LogP contribution in [0.25, 0.3) is 22.5 Å². The van der Waals surface area contributed by atoms with E-state index in [-0.39, 0.29) is 28.4 Å². The normalized spacial score (nSPS) is 11.0. The predicted molar refractivity (Wildman–Crippen MR) is 78.3 cm³/mol. The van der Waals surface area contributed by atoms with Crippen LogP contribution in [0.1, 0.15) is 21.5 Å². The molecule has 0 aliphatic carbocycles. The molecule has 0 amide bonds. The number of rotatable bonds is 2. The minimum absolute atomic E-state index is 0.126. The van der Waals surface area contributed by atoms with Crippen LogP contribution < -0.4 is 5.63 Å². The smallest absolute Gasteiger partial charge is 0.343 e. The van der Waals surface area contributed by atoms with Crippen molar-refractivity contribution in [1.82, 2.24) is 0 Å². The minimum atomic E-state index is -1.04. The third-order valence-corrected chi connectivity index (χ3v) is 3.54. The molecule has 0 atom stereocenters. The second-order valence-electron chi connectivity index (χ2n) is 4.99. The fourth-order valence-electron chi connectivity index (χ4n) is 2.25. The van der Waals surface area contributed by atoms with Crippen molar-refractivity contribution >= 4 is 16.9 Å². The van der Waals surface area contributed by atoms with E-state index in [0.29, 0.717) is 16.5 Å². The quantitative estimate of drug-likeness (QED) is 0.754. The first-order valence-electron chi connectivity index (χ1n) is 6.49. The Morgan fingerprint density at radius 2 is 1.82 bits per heavy atom. The van der Waals surface area contributed by atoms with Gasteiger partial charge in [0.2, 0.25) is 0 Å². The molecule has 6 heteroatoms. The van der Waals surface area contributed by atoms with Crippen LogP contribution in [0.5, 0.6) is 5.75 Å². The fraction of sp³-hybridized carbons (Fsp3) is 0.125. The Balaban J connectivity index is 2.23. The summed E-state index contributed by atoms with van der Waals surface area (Å²) in [5.74, 6) is -0.804. The molecule has 0 saturated heterocycles. The summed E-state index contributed by atoms with van der Waals surface area (Å²) in [6.07, 6.45) is 0. The maximum absolute atomic E-state index is 11.7. The van der Waals surface area contributed by atoms with Gasteiger partial charge < -0.3 is 19.0 Å². The van der Waals surface area contributed by atoms with Crippen LogP contribution >= 0.6 is 0 Å². The summed E-state index contributed by atoms with van der Waals surface area (Å²) in [4.78, 5) is 22.7. The topological polar surface area (TPSA) is 101 Å². The maximum Gasteiger partial charge on any atom is 0.343 e. The van der Waals surface area contributed by atoms with Gasteiger partial charge in [-0.25, -0.2) is 9.59 Å². The highest BCUT2D eigenvalue weighted by Crippen LogP contribution is 2.33. The molecule has 0 unspecified atom stereocenters. The molecule has 2 N–H and O–H groups in total. The van der Waals surface area contributed by atoms with Gasteiger partial charge >= 0.3 is 11.6 Å². The second-order valence-corrected chi connectivity index (χ2v) is 4.99. The Labute approximate surface area is 124 Å². The third kappa shape index (κ3) is 2.05.